The minimum atomic E-state index is -0.665. The van der Waals surface area contributed by atoms with Crippen molar-refractivity contribution < 1.29 is 9.13 Å². The first-order chi connectivity index (χ1) is 6.24. The second kappa shape index (κ2) is 5.04. The van der Waals surface area contributed by atoms with Gasteiger partial charge in [-0.05, 0) is 12.1 Å². The number of aromatic nitrogens is 1. The van der Waals surface area contributed by atoms with E-state index >= 15 is 0 Å². The molecule has 0 aliphatic rings. The van der Waals surface area contributed by atoms with Gasteiger partial charge in [0.1, 0.15) is 6.61 Å². The number of rotatable bonds is 3. The molecule has 13 heavy (non-hydrogen) atoms. The van der Waals surface area contributed by atoms with Gasteiger partial charge in [-0.2, -0.15) is 4.39 Å². The van der Waals surface area contributed by atoms with Gasteiger partial charge in [0.2, 0.25) is 0 Å². The van der Waals surface area contributed by atoms with Gasteiger partial charge in [-0.25, -0.2) is 4.98 Å². The molecule has 1 aromatic rings. The average molecular weight is 222 g/mol. The maximum Gasteiger partial charge on any atom is 0.255 e. The van der Waals surface area contributed by atoms with Gasteiger partial charge in [0.15, 0.2) is 5.75 Å². The monoisotopic (exact) mass is 221 g/mol. The van der Waals surface area contributed by atoms with E-state index in [0.29, 0.717) is 5.03 Å². The molecule has 2 nitrogen and oxygen atoms in total. The molecule has 0 bridgehead atoms. The summed E-state index contributed by atoms with van der Waals surface area (Å²) in [5.41, 5.74) is 1.16. The van der Waals surface area contributed by atoms with Crippen LogP contribution in [0.5, 0.6) is 5.75 Å². The number of ether oxygens (including phenoxy) is 1. The van der Waals surface area contributed by atoms with E-state index < -0.39 is 5.95 Å². The zero-order valence-corrected chi connectivity index (χ0v) is 8.02. The van der Waals surface area contributed by atoms with Crippen molar-refractivity contribution in [3.05, 3.63) is 34.8 Å². The smallest absolute Gasteiger partial charge is 0.255 e. The van der Waals surface area contributed by atoms with Crippen molar-refractivity contribution in [3.63, 3.8) is 0 Å². The molecule has 0 saturated carbocycles. The first-order valence-corrected chi connectivity index (χ1v) is 4.23. The molecule has 0 aromatic carbocycles. The molecule has 0 unspecified atom stereocenters. The molecule has 0 aliphatic heterocycles. The number of halogens is 3. The molecular weight excluding hydrogens is 216 g/mol. The number of hydrogen-bond donors (Lipinski definition) is 0. The summed E-state index contributed by atoms with van der Waals surface area (Å²) in [5.74, 6) is -0.610. The van der Waals surface area contributed by atoms with E-state index in [2.05, 4.69) is 4.98 Å². The SMILES string of the molecule is Fc1ncccc1OCC(Cl)=CCl. The van der Waals surface area contributed by atoms with Crippen LogP contribution in [0.3, 0.4) is 0 Å². The summed E-state index contributed by atoms with van der Waals surface area (Å²) >= 11 is 10.8. The van der Waals surface area contributed by atoms with Gasteiger partial charge in [-0.1, -0.05) is 23.2 Å². The zero-order chi connectivity index (χ0) is 9.68. The summed E-state index contributed by atoms with van der Waals surface area (Å²) in [5, 5.41) is 0.296. The van der Waals surface area contributed by atoms with Crippen LogP contribution in [0, 0.1) is 5.95 Å². The van der Waals surface area contributed by atoms with Crippen molar-refractivity contribution in [2.45, 2.75) is 0 Å². The van der Waals surface area contributed by atoms with Crippen LogP contribution in [0.2, 0.25) is 0 Å². The van der Waals surface area contributed by atoms with Gasteiger partial charge in [0.05, 0.1) is 5.03 Å². The fourth-order valence-corrected chi connectivity index (χ4v) is 0.775. The predicted octanol–water partition coefficient (Wildman–Crippen LogP) is 2.92. The molecule has 0 aliphatic carbocycles. The van der Waals surface area contributed by atoms with Gasteiger partial charge >= 0.3 is 0 Å². The van der Waals surface area contributed by atoms with Crippen molar-refractivity contribution >= 4 is 23.2 Å². The normalized spacial score (nSPS) is 11.5. The Bertz CT molecular complexity index is 317. The molecule has 1 heterocycles. The number of pyridine rings is 1. The Labute approximate surface area is 84.9 Å². The lowest BCUT2D eigenvalue weighted by atomic mass is 10.4. The Morgan fingerprint density at radius 3 is 3.08 bits per heavy atom. The van der Waals surface area contributed by atoms with Crippen molar-refractivity contribution in [1.82, 2.24) is 4.98 Å². The van der Waals surface area contributed by atoms with Crippen LogP contribution < -0.4 is 4.74 Å². The third kappa shape index (κ3) is 3.20. The van der Waals surface area contributed by atoms with Gasteiger partial charge in [-0.3, -0.25) is 0 Å². The largest absolute Gasteiger partial charge is 0.483 e. The highest BCUT2D eigenvalue weighted by Crippen LogP contribution is 2.14. The summed E-state index contributed by atoms with van der Waals surface area (Å²) in [6.07, 6.45) is 1.33. The van der Waals surface area contributed by atoms with E-state index in [9.17, 15) is 4.39 Å². The maximum atomic E-state index is 12.8. The molecule has 0 N–H and O–H groups in total. The molecule has 0 spiro atoms. The standard InChI is InChI=1S/C8H6Cl2FNO/c9-4-6(10)5-13-7-2-1-3-12-8(7)11/h1-4H,5H2. The lowest BCUT2D eigenvalue weighted by Gasteiger charge is -2.03. The lowest BCUT2D eigenvalue weighted by molar-refractivity contribution is 0.332. The molecule has 0 amide bonds. The Kier molecular flexibility index (Phi) is 3.99. The Hall–Kier alpha value is -0.800. The van der Waals surface area contributed by atoms with Crippen LogP contribution >= 0.6 is 23.2 Å². The third-order valence-electron chi connectivity index (χ3n) is 1.21. The molecule has 0 saturated heterocycles. The van der Waals surface area contributed by atoms with Crippen LogP contribution in [0.15, 0.2) is 28.9 Å². The van der Waals surface area contributed by atoms with Crippen molar-refractivity contribution in [2.75, 3.05) is 6.61 Å². The molecule has 5 heteroatoms. The molecular formula is C8H6Cl2FNO. The first-order valence-electron chi connectivity index (χ1n) is 3.42. The fourth-order valence-electron chi connectivity index (χ4n) is 0.657. The topological polar surface area (TPSA) is 22.1 Å². The van der Waals surface area contributed by atoms with E-state index in [-0.39, 0.29) is 12.4 Å². The molecule has 1 aromatic heterocycles. The third-order valence-corrected chi connectivity index (χ3v) is 1.80. The minimum absolute atomic E-state index is 0.0354. The average Bonchev–Trinajstić information content (AvgIpc) is 2.16. The summed E-state index contributed by atoms with van der Waals surface area (Å²) in [6, 6.07) is 3.03. The minimum Gasteiger partial charge on any atom is -0.483 e. The summed E-state index contributed by atoms with van der Waals surface area (Å²) in [6.45, 7) is 0.0354. The molecule has 0 atom stereocenters. The number of hydrogen-bond acceptors (Lipinski definition) is 2. The lowest BCUT2D eigenvalue weighted by Crippen LogP contribution is -1.99. The van der Waals surface area contributed by atoms with Crippen molar-refractivity contribution in [2.24, 2.45) is 0 Å². The van der Waals surface area contributed by atoms with E-state index in [0.717, 1.165) is 5.54 Å². The Morgan fingerprint density at radius 1 is 1.69 bits per heavy atom. The summed E-state index contributed by atoms with van der Waals surface area (Å²) in [7, 11) is 0. The van der Waals surface area contributed by atoms with Crippen molar-refractivity contribution in [3.8, 4) is 5.75 Å². The second-order valence-corrected chi connectivity index (χ2v) is 2.84. The first kappa shape index (κ1) is 10.3. The van der Waals surface area contributed by atoms with Gasteiger partial charge in [0, 0.05) is 11.7 Å². The van der Waals surface area contributed by atoms with Crippen LogP contribution in [0.25, 0.3) is 0 Å². The highest BCUT2D eigenvalue weighted by atomic mass is 35.5. The van der Waals surface area contributed by atoms with E-state index in [4.69, 9.17) is 27.9 Å². The Balaban J connectivity index is 2.60. The maximum absolute atomic E-state index is 12.8. The van der Waals surface area contributed by atoms with Crippen LogP contribution in [-0.4, -0.2) is 11.6 Å². The molecule has 0 fully saturated rings. The van der Waals surface area contributed by atoms with Crippen LogP contribution in [0.1, 0.15) is 0 Å². The Morgan fingerprint density at radius 2 is 2.46 bits per heavy atom. The second-order valence-electron chi connectivity index (χ2n) is 2.14. The van der Waals surface area contributed by atoms with Gasteiger partial charge in [-0.15, -0.1) is 0 Å². The van der Waals surface area contributed by atoms with E-state index in [1.54, 1.807) is 6.07 Å². The fraction of sp³-hybridized carbons (Fsp3) is 0.125. The van der Waals surface area contributed by atoms with Crippen LogP contribution in [0.4, 0.5) is 4.39 Å². The van der Waals surface area contributed by atoms with Gasteiger partial charge < -0.3 is 4.74 Å². The molecule has 70 valence electrons. The quantitative estimate of drug-likeness (QED) is 0.733. The number of nitrogens with zero attached hydrogens (tertiary/aromatic N) is 1. The molecule has 0 radical (unpaired) electrons. The van der Waals surface area contributed by atoms with Crippen LogP contribution in [-0.2, 0) is 0 Å². The summed E-state index contributed by atoms with van der Waals surface area (Å²) in [4.78, 5) is 3.40. The highest BCUT2D eigenvalue weighted by Gasteiger charge is 2.02. The zero-order valence-electron chi connectivity index (χ0n) is 6.51. The van der Waals surface area contributed by atoms with E-state index in [1.807, 2.05) is 0 Å². The highest BCUT2D eigenvalue weighted by molar-refractivity contribution is 6.36. The van der Waals surface area contributed by atoms with E-state index in [1.165, 1.54) is 12.3 Å². The molecule has 1 rings (SSSR count). The predicted molar refractivity (Wildman–Crippen MR) is 49.5 cm³/mol. The summed E-state index contributed by atoms with van der Waals surface area (Å²) < 4.78 is 17.8. The van der Waals surface area contributed by atoms with Crippen molar-refractivity contribution in [1.29, 1.82) is 0 Å². The van der Waals surface area contributed by atoms with Gasteiger partial charge in [0.25, 0.3) is 5.95 Å².